The normalized spacial score (nSPS) is 21.1. The van der Waals surface area contributed by atoms with E-state index >= 15 is 4.39 Å². The number of nitrogens with one attached hydrogen (secondary N) is 1. The van der Waals surface area contributed by atoms with Gasteiger partial charge in [0.05, 0.1) is 5.39 Å². The van der Waals surface area contributed by atoms with E-state index < -0.39 is 0 Å². The fraction of sp³-hybridized carbons (Fsp3) is 0.444. The van der Waals surface area contributed by atoms with Gasteiger partial charge in [-0.1, -0.05) is 12.1 Å². The number of halogens is 1. The molecular formula is C27H32FN7O. The summed E-state index contributed by atoms with van der Waals surface area (Å²) in [5.41, 5.74) is 2.51. The van der Waals surface area contributed by atoms with Crippen LogP contribution in [0.25, 0.3) is 33.2 Å². The van der Waals surface area contributed by atoms with Crippen LogP contribution in [0.4, 0.5) is 10.2 Å². The first kappa shape index (κ1) is 23.1. The van der Waals surface area contributed by atoms with Gasteiger partial charge in [0.2, 0.25) is 0 Å². The molecule has 0 spiro atoms. The number of ether oxygens (including phenoxy) is 1. The number of pyridine rings is 1. The van der Waals surface area contributed by atoms with Gasteiger partial charge in [-0.2, -0.15) is 9.97 Å². The standard InChI is InChI=1S/C27H32FN7O/c1-17-15-29-10-13-35(17)26-21-14-22(28)24(20-7-4-8-23-19(20)9-12-34(23)3)30-25(21)31-27(32-26)36-16-18-6-5-11-33(18)2/h4,7-9,12,14,17-18,29H,5-6,10-11,13,15-16H2,1-3H3/t17-,18+/m1/s1. The highest BCUT2D eigenvalue weighted by Gasteiger charge is 2.26. The van der Waals surface area contributed by atoms with Crippen molar-refractivity contribution < 1.29 is 9.13 Å². The summed E-state index contributed by atoms with van der Waals surface area (Å²) in [7, 11) is 4.10. The Balaban J connectivity index is 1.47. The van der Waals surface area contributed by atoms with E-state index in [-0.39, 0.29) is 11.9 Å². The summed E-state index contributed by atoms with van der Waals surface area (Å²) < 4.78 is 23.9. The Labute approximate surface area is 210 Å². The molecule has 4 aromatic rings. The maximum atomic E-state index is 15.7. The van der Waals surface area contributed by atoms with E-state index in [4.69, 9.17) is 14.7 Å². The molecular weight excluding hydrogens is 457 g/mol. The van der Waals surface area contributed by atoms with Gasteiger partial charge < -0.3 is 24.4 Å². The molecule has 9 heteroatoms. The number of hydrogen-bond acceptors (Lipinski definition) is 7. The Morgan fingerprint density at radius 2 is 2.00 bits per heavy atom. The van der Waals surface area contributed by atoms with Crippen LogP contribution in [0, 0.1) is 5.82 Å². The van der Waals surface area contributed by atoms with Crippen molar-refractivity contribution in [3.63, 3.8) is 0 Å². The van der Waals surface area contributed by atoms with Crippen molar-refractivity contribution in [2.45, 2.75) is 31.8 Å². The number of fused-ring (bicyclic) bond motifs is 2. The number of piperazine rings is 1. The third kappa shape index (κ3) is 4.06. The molecule has 0 radical (unpaired) electrons. The van der Waals surface area contributed by atoms with Crippen LogP contribution >= 0.6 is 0 Å². The van der Waals surface area contributed by atoms with Gasteiger partial charge in [0.1, 0.15) is 23.9 Å². The summed E-state index contributed by atoms with van der Waals surface area (Å²) in [4.78, 5) is 18.8. The highest BCUT2D eigenvalue weighted by Crippen LogP contribution is 2.34. The van der Waals surface area contributed by atoms with E-state index in [2.05, 4.69) is 34.1 Å². The third-order valence-corrected chi connectivity index (χ3v) is 7.63. The third-order valence-electron chi connectivity index (χ3n) is 7.63. The number of likely N-dealkylation sites (tertiary alicyclic amines) is 1. The van der Waals surface area contributed by atoms with Gasteiger partial charge >= 0.3 is 6.01 Å². The van der Waals surface area contributed by atoms with Crippen molar-refractivity contribution in [1.29, 1.82) is 0 Å². The second kappa shape index (κ2) is 9.29. The molecule has 6 rings (SSSR count). The summed E-state index contributed by atoms with van der Waals surface area (Å²) in [5.74, 6) is 0.299. The molecule has 1 aromatic carbocycles. The van der Waals surface area contributed by atoms with Crippen LogP contribution in [0.1, 0.15) is 19.8 Å². The zero-order valence-electron chi connectivity index (χ0n) is 21.0. The first-order valence-corrected chi connectivity index (χ1v) is 12.7. The van der Waals surface area contributed by atoms with E-state index in [9.17, 15) is 0 Å². The highest BCUT2D eigenvalue weighted by molar-refractivity contribution is 5.97. The summed E-state index contributed by atoms with van der Waals surface area (Å²) in [5, 5.41) is 4.97. The minimum Gasteiger partial charge on any atom is -0.462 e. The Hall–Kier alpha value is -3.30. The summed E-state index contributed by atoms with van der Waals surface area (Å²) in [6.07, 6.45) is 4.24. The molecule has 0 aliphatic carbocycles. The molecule has 36 heavy (non-hydrogen) atoms. The van der Waals surface area contributed by atoms with Crippen molar-refractivity contribution >= 4 is 27.8 Å². The molecule has 2 atom stereocenters. The van der Waals surface area contributed by atoms with Crippen molar-refractivity contribution in [3.8, 4) is 17.3 Å². The number of likely N-dealkylation sites (N-methyl/N-ethyl adjacent to an activating group) is 1. The summed E-state index contributed by atoms with van der Waals surface area (Å²) >= 11 is 0. The van der Waals surface area contributed by atoms with Crippen LogP contribution in [0.15, 0.2) is 36.5 Å². The quantitative estimate of drug-likeness (QED) is 0.459. The second-order valence-corrected chi connectivity index (χ2v) is 10.0. The molecule has 0 saturated carbocycles. The summed E-state index contributed by atoms with van der Waals surface area (Å²) in [6, 6.07) is 10.2. The first-order valence-electron chi connectivity index (χ1n) is 12.7. The number of hydrogen-bond donors (Lipinski definition) is 1. The Morgan fingerprint density at radius 1 is 1.11 bits per heavy atom. The lowest BCUT2D eigenvalue weighted by Crippen LogP contribution is -2.50. The number of rotatable bonds is 5. The second-order valence-electron chi connectivity index (χ2n) is 10.0. The van der Waals surface area contributed by atoms with Crippen LogP contribution in [-0.4, -0.2) is 76.3 Å². The number of benzene rings is 1. The SMILES string of the molecule is C[C@@H]1CNCCN1c1nc(OC[C@@H]2CCCN2C)nc2nc(-c3cccc4c3ccn4C)c(F)cc12. The van der Waals surface area contributed by atoms with E-state index in [0.717, 1.165) is 49.1 Å². The van der Waals surface area contributed by atoms with Crippen molar-refractivity contribution in [2.75, 3.05) is 44.7 Å². The Kier molecular flexibility index (Phi) is 5.97. The zero-order chi connectivity index (χ0) is 24.8. The molecule has 188 valence electrons. The van der Waals surface area contributed by atoms with E-state index in [1.54, 1.807) is 0 Å². The molecule has 2 aliphatic rings. The Bertz CT molecular complexity index is 1420. The van der Waals surface area contributed by atoms with Crippen LogP contribution in [0.5, 0.6) is 6.01 Å². The first-order chi connectivity index (χ1) is 17.5. The van der Waals surface area contributed by atoms with Gasteiger partial charge in [0, 0.05) is 61.4 Å². The van der Waals surface area contributed by atoms with Gasteiger partial charge in [0.25, 0.3) is 0 Å². The van der Waals surface area contributed by atoms with Gasteiger partial charge in [-0.25, -0.2) is 9.37 Å². The van der Waals surface area contributed by atoms with E-state index in [0.29, 0.717) is 41.2 Å². The molecule has 8 nitrogen and oxygen atoms in total. The highest BCUT2D eigenvalue weighted by atomic mass is 19.1. The lowest BCUT2D eigenvalue weighted by atomic mass is 10.1. The van der Waals surface area contributed by atoms with Crippen LogP contribution in [0.3, 0.4) is 0 Å². The monoisotopic (exact) mass is 489 g/mol. The lowest BCUT2D eigenvalue weighted by Gasteiger charge is -2.35. The number of aryl methyl sites for hydroxylation is 1. The minimum atomic E-state index is -0.382. The van der Waals surface area contributed by atoms with Crippen LogP contribution in [0.2, 0.25) is 0 Å². The largest absolute Gasteiger partial charge is 0.462 e. The number of aromatic nitrogens is 4. The molecule has 2 fully saturated rings. The summed E-state index contributed by atoms with van der Waals surface area (Å²) in [6.45, 7) is 6.18. The van der Waals surface area contributed by atoms with Gasteiger partial charge in [-0.15, -0.1) is 0 Å². The van der Waals surface area contributed by atoms with Gasteiger partial charge in [0.15, 0.2) is 5.65 Å². The van der Waals surface area contributed by atoms with Gasteiger partial charge in [-0.05, 0) is 51.6 Å². The molecule has 0 bridgehead atoms. The molecule has 2 saturated heterocycles. The molecule has 0 amide bonds. The molecule has 0 unspecified atom stereocenters. The molecule has 1 N–H and O–H groups in total. The lowest BCUT2D eigenvalue weighted by molar-refractivity contribution is 0.188. The number of anilines is 1. The fourth-order valence-corrected chi connectivity index (χ4v) is 5.49. The van der Waals surface area contributed by atoms with Gasteiger partial charge in [-0.3, -0.25) is 0 Å². The molecule has 2 aliphatic heterocycles. The number of nitrogens with zero attached hydrogens (tertiary/aromatic N) is 6. The molecule has 3 aromatic heterocycles. The maximum Gasteiger partial charge on any atom is 0.320 e. The average Bonchev–Trinajstić information content (AvgIpc) is 3.47. The van der Waals surface area contributed by atoms with Crippen LogP contribution in [-0.2, 0) is 7.05 Å². The predicted molar refractivity (Wildman–Crippen MR) is 140 cm³/mol. The van der Waals surface area contributed by atoms with E-state index in [1.807, 2.05) is 42.1 Å². The van der Waals surface area contributed by atoms with Crippen molar-refractivity contribution in [2.24, 2.45) is 7.05 Å². The fourth-order valence-electron chi connectivity index (χ4n) is 5.49. The minimum absolute atomic E-state index is 0.200. The Morgan fingerprint density at radius 3 is 2.81 bits per heavy atom. The molecule has 5 heterocycles. The average molecular weight is 490 g/mol. The zero-order valence-corrected chi connectivity index (χ0v) is 21.0. The van der Waals surface area contributed by atoms with Crippen molar-refractivity contribution in [1.82, 2.24) is 29.7 Å². The van der Waals surface area contributed by atoms with E-state index in [1.165, 1.54) is 12.5 Å². The van der Waals surface area contributed by atoms with Crippen molar-refractivity contribution in [3.05, 3.63) is 42.3 Å². The predicted octanol–water partition coefficient (Wildman–Crippen LogP) is 3.59. The smallest absolute Gasteiger partial charge is 0.320 e. The topological polar surface area (TPSA) is 71.3 Å². The van der Waals surface area contributed by atoms with Crippen LogP contribution < -0.4 is 15.0 Å². The maximum absolute atomic E-state index is 15.7.